The SMILES string of the molecule is CCOc1ccc(CC(=O)NCC(O)c2ccccc2C(F)(F)F)cc1. The monoisotopic (exact) mass is 367 g/mol. The summed E-state index contributed by atoms with van der Waals surface area (Å²) in [6, 6.07) is 11.7. The Morgan fingerprint density at radius 3 is 2.42 bits per heavy atom. The molecule has 2 aromatic rings. The molecule has 0 aliphatic heterocycles. The van der Waals surface area contributed by atoms with Crippen molar-refractivity contribution >= 4 is 5.91 Å². The molecule has 0 fully saturated rings. The van der Waals surface area contributed by atoms with Gasteiger partial charge in [-0.1, -0.05) is 30.3 Å². The van der Waals surface area contributed by atoms with Gasteiger partial charge in [-0.3, -0.25) is 4.79 Å². The van der Waals surface area contributed by atoms with Crippen LogP contribution in [0.5, 0.6) is 5.75 Å². The number of aliphatic hydroxyl groups excluding tert-OH is 1. The lowest BCUT2D eigenvalue weighted by Gasteiger charge is -2.18. The van der Waals surface area contributed by atoms with Crippen molar-refractivity contribution in [3.05, 3.63) is 65.2 Å². The summed E-state index contributed by atoms with van der Waals surface area (Å²) < 4.78 is 44.2. The molecule has 0 aliphatic rings. The summed E-state index contributed by atoms with van der Waals surface area (Å²) in [5, 5.41) is 12.5. The summed E-state index contributed by atoms with van der Waals surface area (Å²) in [4.78, 5) is 12.0. The minimum Gasteiger partial charge on any atom is -0.494 e. The Labute approximate surface area is 149 Å². The lowest BCUT2D eigenvalue weighted by atomic mass is 10.0. The van der Waals surface area contributed by atoms with Gasteiger partial charge in [0.15, 0.2) is 0 Å². The predicted octanol–water partition coefficient (Wildman–Crippen LogP) is 3.50. The van der Waals surface area contributed by atoms with Gasteiger partial charge in [0.05, 0.1) is 24.7 Å². The standard InChI is InChI=1S/C19H20F3NO3/c1-2-26-14-9-7-13(8-10-14)11-18(25)23-12-17(24)15-5-3-4-6-16(15)19(20,21)22/h3-10,17,24H,2,11-12H2,1H3,(H,23,25). The van der Waals surface area contributed by atoms with Crippen molar-refractivity contribution in [1.29, 1.82) is 0 Å². The molecule has 2 N–H and O–H groups in total. The number of ether oxygens (including phenoxy) is 1. The quantitative estimate of drug-likeness (QED) is 0.788. The van der Waals surface area contributed by atoms with Crippen LogP contribution in [0.1, 0.15) is 29.7 Å². The number of aliphatic hydroxyl groups is 1. The molecule has 2 rings (SSSR count). The number of hydrogen-bond acceptors (Lipinski definition) is 3. The molecule has 26 heavy (non-hydrogen) atoms. The lowest BCUT2D eigenvalue weighted by Crippen LogP contribution is -2.30. The van der Waals surface area contributed by atoms with Crippen molar-refractivity contribution in [3.63, 3.8) is 0 Å². The normalized spacial score (nSPS) is 12.5. The van der Waals surface area contributed by atoms with E-state index in [4.69, 9.17) is 4.74 Å². The van der Waals surface area contributed by atoms with Gasteiger partial charge < -0.3 is 15.2 Å². The van der Waals surface area contributed by atoms with E-state index in [1.54, 1.807) is 24.3 Å². The highest BCUT2D eigenvalue weighted by Gasteiger charge is 2.34. The Hall–Kier alpha value is -2.54. The van der Waals surface area contributed by atoms with Gasteiger partial charge in [-0.05, 0) is 36.2 Å². The molecule has 140 valence electrons. The van der Waals surface area contributed by atoms with Crippen LogP contribution in [0.2, 0.25) is 0 Å². The van der Waals surface area contributed by atoms with E-state index in [1.165, 1.54) is 18.2 Å². The second-order valence-electron chi connectivity index (χ2n) is 5.66. The van der Waals surface area contributed by atoms with Gasteiger partial charge in [0.2, 0.25) is 5.91 Å². The fourth-order valence-electron chi connectivity index (χ4n) is 2.48. The first-order valence-corrected chi connectivity index (χ1v) is 8.14. The molecule has 0 aliphatic carbocycles. The minimum atomic E-state index is -4.57. The first kappa shape index (κ1) is 19.8. The molecule has 0 aromatic heterocycles. The van der Waals surface area contributed by atoms with E-state index in [0.29, 0.717) is 12.4 Å². The molecule has 1 unspecified atom stereocenters. The van der Waals surface area contributed by atoms with Crippen LogP contribution >= 0.6 is 0 Å². The second-order valence-corrected chi connectivity index (χ2v) is 5.66. The molecule has 0 radical (unpaired) electrons. The van der Waals surface area contributed by atoms with Crippen LogP contribution in [0.15, 0.2) is 48.5 Å². The lowest BCUT2D eigenvalue weighted by molar-refractivity contribution is -0.139. The molecule has 1 atom stereocenters. The van der Waals surface area contributed by atoms with Crippen molar-refractivity contribution in [3.8, 4) is 5.75 Å². The molecule has 7 heteroatoms. The number of alkyl halides is 3. The maximum Gasteiger partial charge on any atom is 0.416 e. The minimum absolute atomic E-state index is 0.0556. The summed E-state index contributed by atoms with van der Waals surface area (Å²) in [6.07, 6.45) is -5.96. The van der Waals surface area contributed by atoms with Crippen molar-refractivity contribution in [1.82, 2.24) is 5.32 Å². The van der Waals surface area contributed by atoms with E-state index in [-0.39, 0.29) is 18.5 Å². The third kappa shape index (κ3) is 5.49. The number of amides is 1. The fraction of sp³-hybridized carbons (Fsp3) is 0.316. The van der Waals surface area contributed by atoms with E-state index < -0.39 is 23.8 Å². The molecule has 2 aromatic carbocycles. The summed E-state index contributed by atoms with van der Waals surface area (Å²) in [7, 11) is 0. The summed E-state index contributed by atoms with van der Waals surface area (Å²) in [5.74, 6) is 0.300. The highest BCUT2D eigenvalue weighted by Crippen LogP contribution is 2.34. The molecular weight excluding hydrogens is 347 g/mol. The molecule has 0 saturated heterocycles. The van der Waals surface area contributed by atoms with Crippen molar-refractivity contribution in [2.75, 3.05) is 13.2 Å². The smallest absolute Gasteiger partial charge is 0.416 e. The maximum absolute atomic E-state index is 13.0. The van der Waals surface area contributed by atoms with Gasteiger partial charge >= 0.3 is 6.18 Å². The first-order chi connectivity index (χ1) is 12.3. The first-order valence-electron chi connectivity index (χ1n) is 8.14. The van der Waals surface area contributed by atoms with Gasteiger partial charge in [-0.2, -0.15) is 13.2 Å². The number of nitrogens with one attached hydrogen (secondary N) is 1. The molecular formula is C19H20F3NO3. The van der Waals surface area contributed by atoms with E-state index in [1.807, 2.05) is 6.92 Å². The van der Waals surface area contributed by atoms with Gasteiger partial charge in [0, 0.05) is 6.54 Å². The van der Waals surface area contributed by atoms with Crippen molar-refractivity contribution in [2.24, 2.45) is 0 Å². The zero-order chi connectivity index (χ0) is 19.2. The molecule has 1 amide bonds. The molecule has 4 nitrogen and oxygen atoms in total. The van der Waals surface area contributed by atoms with Crippen LogP contribution in [0.25, 0.3) is 0 Å². The highest BCUT2D eigenvalue weighted by atomic mass is 19.4. The Morgan fingerprint density at radius 2 is 1.81 bits per heavy atom. The molecule has 0 heterocycles. The molecule has 0 bridgehead atoms. The van der Waals surface area contributed by atoms with Crippen LogP contribution in [-0.2, 0) is 17.4 Å². The van der Waals surface area contributed by atoms with Crippen molar-refractivity contribution < 1.29 is 27.8 Å². The van der Waals surface area contributed by atoms with Crippen LogP contribution in [0, 0.1) is 0 Å². The van der Waals surface area contributed by atoms with Crippen LogP contribution in [0.4, 0.5) is 13.2 Å². The number of rotatable bonds is 7. The zero-order valence-electron chi connectivity index (χ0n) is 14.2. The highest BCUT2D eigenvalue weighted by molar-refractivity contribution is 5.78. The predicted molar refractivity (Wildman–Crippen MR) is 90.7 cm³/mol. The largest absolute Gasteiger partial charge is 0.494 e. The second kappa shape index (κ2) is 8.71. The Bertz CT molecular complexity index is 730. The zero-order valence-corrected chi connectivity index (χ0v) is 14.2. The van der Waals surface area contributed by atoms with E-state index in [2.05, 4.69) is 5.32 Å². The van der Waals surface area contributed by atoms with Crippen LogP contribution in [0.3, 0.4) is 0 Å². The summed E-state index contributed by atoms with van der Waals surface area (Å²) in [5.41, 5.74) is -0.439. The Balaban J connectivity index is 1.93. The molecule has 0 spiro atoms. The van der Waals surface area contributed by atoms with E-state index >= 15 is 0 Å². The van der Waals surface area contributed by atoms with Gasteiger partial charge in [0.25, 0.3) is 0 Å². The third-order valence-electron chi connectivity index (χ3n) is 3.72. The van der Waals surface area contributed by atoms with Gasteiger partial charge in [0.1, 0.15) is 5.75 Å². The summed E-state index contributed by atoms with van der Waals surface area (Å²) >= 11 is 0. The topological polar surface area (TPSA) is 58.6 Å². The Kier molecular flexibility index (Phi) is 6.63. The Morgan fingerprint density at radius 1 is 1.15 bits per heavy atom. The van der Waals surface area contributed by atoms with Gasteiger partial charge in [-0.15, -0.1) is 0 Å². The number of hydrogen-bond donors (Lipinski definition) is 2. The third-order valence-corrected chi connectivity index (χ3v) is 3.72. The number of benzene rings is 2. The number of halogens is 3. The van der Waals surface area contributed by atoms with Crippen LogP contribution < -0.4 is 10.1 Å². The maximum atomic E-state index is 13.0. The average molecular weight is 367 g/mol. The number of carbonyl (C=O) groups excluding carboxylic acids is 1. The number of carbonyl (C=O) groups is 1. The average Bonchev–Trinajstić information content (AvgIpc) is 2.61. The summed E-state index contributed by atoms with van der Waals surface area (Å²) in [6.45, 7) is 2.10. The van der Waals surface area contributed by atoms with Gasteiger partial charge in [-0.25, -0.2) is 0 Å². The molecule has 0 saturated carbocycles. The fourth-order valence-corrected chi connectivity index (χ4v) is 2.48. The van der Waals surface area contributed by atoms with Crippen LogP contribution in [-0.4, -0.2) is 24.2 Å². The van der Waals surface area contributed by atoms with Crippen molar-refractivity contribution in [2.45, 2.75) is 25.6 Å². The van der Waals surface area contributed by atoms with E-state index in [0.717, 1.165) is 11.6 Å². The van der Waals surface area contributed by atoms with E-state index in [9.17, 15) is 23.1 Å².